The summed E-state index contributed by atoms with van der Waals surface area (Å²) in [5, 5.41) is 4.17. The SMILES string of the molecule is O=C1NC[C@@]2(c3ccc(Cl)c([ClH+])c3)CC12. The van der Waals surface area contributed by atoms with E-state index in [1.165, 1.54) is 0 Å². The Labute approximate surface area is 97.6 Å². The number of halogens is 2. The molecule has 2 atom stereocenters. The van der Waals surface area contributed by atoms with E-state index in [0.29, 0.717) is 10.0 Å². The van der Waals surface area contributed by atoms with Crippen molar-refractivity contribution in [1.29, 1.82) is 0 Å². The second-order valence-electron chi connectivity index (χ2n) is 4.28. The highest BCUT2D eigenvalue weighted by atomic mass is 35.5. The van der Waals surface area contributed by atoms with E-state index in [1.807, 2.05) is 18.2 Å². The zero-order chi connectivity index (χ0) is 10.6. The average Bonchev–Trinajstić information content (AvgIpc) is 2.88. The van der Waals surface area contributed by atoms with E-state index < -0.39 is 0 Å². The third-order valence-electron chi connectivity index (χ3n) is 3.48. The summed E-state index contributed by atoms with van der Waals surface area (Å²) in [5.74, 6) is 0.337. The van der Waals surface area contributed by atoms with Crippen LogP contribution in [0.2, 0.25) is 10.0 Å². The molecule has 2 aliphatic rings. The van der Waals surface area contributed by atoms with Gasteiger partial charge in [0.2, 0.25) is 10.9 Å². The molecule has 1 aromatic rings. The lowest BCUT2D eigenvalue weighted by atomic mass is 9.95. The third-order valence-corrected chi connectivity index (χ3v) is 4.26. The molecule has 0 bridgehead atoms. The lowest BCUT2D eigenvalue weighted by molar-refractivity contribution is -0.288. The molecule has 15 heavy (non-hydrogen) atoms. The van der Waals surface area contributed by atoms with Gasteiger partial charge in [-0.15, -0.1) is 0 Å². The van der Waals surface area contributed by atoms with Gasteiger partial charge in [0, 0.05) is 18.0 Å². The van der Waals surface area contributed by atoms with Gasteiger partial charge in [0.25, 0.3) is 0 Å². The second-order valence-corrected chi connectivity index (χ2v) is 5.12. The first-order valence-electron chi connectivity index (χ1n) is 4.88. The number of carbonyl (C=O) groups is 1. The number of rotatable bonds is 1. The smallest absolute Gasteiger partial charge is 0.244 e. The van der Waals surface area contributed by atoms with E-state index >= 15 is 0 Å². The van der Waals surface area contributed by atoms with Crippen LogP contribution in [0.3, 0.4) is 0 Å². The van der Waals surface area contributed by atoms with E-state index in [4.69, 9.17) is 23.2 Å². The van der Waals surface area contributed by atoms with Crippen LogP contribution >= 0.6 is 11.6 Å². The molecule has 1 unspecified atom stereocenters. The Morgan fingerprint density at radius 3 is 2.87 bits per heavy atom. The van der Waals surface area contributed by atoms with E-state index in [9.17, 15) is 4.79 Å². The lowest BCUT2D eigenvalue weighted by Gasteiger charge is -2.10. The van der Waals surface area contributed by atoms with Crippen molar-refractivity contribution < 1.29 is 16.4 Å². The Bertz CT molecular complexity index is 460. The van der Waals surface area contributed by atoms with Crippen LogP contribution < -0.4 is 5.32 Å². The molecule has 78 valence electrons. The predicted molar refractivity (Wildman–Crippen MR) is 54.8 cm³/mol. The monoisotopic (exact) mass is 242 g/mol. The normalized spacial score (nSPS) is 32.4. The zero-order valence-electron chi connectivity index (χ0n) is 7.92. The Morgan fingerprint density at radius 1 is 1.53 bits per heavy atom. The summed E-state index contributed by atoms with van der Waals surface area (Å²) in [6.45, 7) is 0.743. The predicted octanol–water partition coefficient (Wildman–Crippen LogP) is 1.42. The summed E-state index contributed by atoms with van der Waals surface area (Å²) >= 11 is 11.0. The summed E-state index contributed by atoms with van der Waals surface area (Å²) in [6.07, 6.45) is 0.954. The molecule has 1 N–H and O–H groups in total. The van der Waals surface area contributed by atoms with Gasteiger partial charge in [0.1, 0.15) is 5.02 Å². The third kappa shape index (κ3) is 1.21. The Balaban J connectivity index is 2.01. The fourth-order valence-corrected chi connectivity index (χ4v) is 2.76. The molecule has 1 aliphatic heterocycles. The molecule has 1 amide bonds. The number of nitrogens with one attached hydrogen (secondary N) is 1. The van der Waals surface area contributed by atoms with Gasteiger partial charge in [-0.3, -0.25) is 4.79 Å². The molecule has 1 saturated heterocycles. The number of carbonyl (C=O) groups excluding carboxylic acids is 1. The van der Waals surface area contributed by atoms with Gasteiger partial charge < -0.3 is 5.32 Å². The summed E-state index contributed by atoms with van der Waals surface area (Å²) in [4.78, 5) is 11.4. The van der Waals surface area contributed by atoms with Crippen molar-refractivity contribution >= 4 is 17.5 Å². The first-order valence-corrected chi connectivity index (χ1v) is 5.67. The van der Waals surface area contributed by atoms with E-state index in [0.717, 1.165) is 18.5 Å². The van der Waals surface area contributed by atoms with Gasteiger partial charge in [-0.1, -0.05) is 17.7 Å². The number of piperidine rings is 1. The highest BCUT2D eigenvalue weighted by Gasteiger charge is 2.63. The number of amides is 1. The number of hydrogen-bond donors (Lipinski definition) is 1. The maximum atomic E-state index is 11.4. The van der Waals surface area contributed by atoms with Crippen molar-refractivity contribution in [1.82, 2.24) is 5.32 Å². The molecule has 1 saturated carbocycles. The maximum absolute atomic E-state index is 11.4. The van der Waals surface area contributed by atoms with Gasteiger partial charge >= 0.3 is 0 Å². The van der Waals surface area contributed by atoms with Gasteiger partial charge in [0.15, 0.2) is 11.6 Å². The van der Waals surface area contributed by atoms with Gasteiger partial charge in [-0.05, 0) is 18.1 Å². The summed E-state index contributed by atoms with van der Waals surface area (Å²) in [6, 6.07) is 5.74. The fraction of sp³-hybridized carbons (Fsp3) is 0.364. The fourth-order valence-electron chi connectivity index (χ4n) is 2.45. The van der Waals surface area contributed by atoms with E-state index in [2.05, 4.69) is 5.32 Å². The summed E-state index contributed by atoms with van der Waals surface area (Å²) < 4.78 is 0. The van der Waals surface area contributed by atoms with Crippen molar-refractivity contribution in [3.8, 4) is 0 Å². The van der Waals surface area contributed by atoms with Crippen LogP contribution in [0.25, 0.3) is 0 Å². The number of benzene rings is 1. The van der Waals surface area contributed by atoms with Crippen molar-refractivity contribution in [2.45, 2.75) is 11.8 Å². The minimum absolute atomic E-state index is 0.0230. The molecular formula is C11H10Cl2NO+. The minimum atomic E-state index is 0.0230. The zero-order valence-corrected chi connectivity index (χ0v) is 9.49. The molecule has 2 nitrogen and oxygen atoms in total. The topological polar surface area (TPSA) is 29.1 Å². The highest BCUT2D eigenvalue weighted by Crippen LogP contribution is 2.57. The van der Waals surface area contributed by atoms with Crippen LogP contribution in [0.1, 0.15) is 12.0 Å². The molecule has 0 radical (unpaired) electrons. The molecule has 1 heterocycles. The van der Waals surface area contributed by atoms with Crippen LogP contribution in [0.5, 0.6) is 0 Å². The summed E-state index contributed by atoms with van der Waals surface area (Å²) in [5.41, 5.74) is 1.18. The molecule has 1 aromatic carbocycles. The molecule has 4 heteroatoms. The van der Waals surface area contributed by atoms with Gasteiger partial charge in [0.05, 0.1) is 5.92 Å². The van der Waals surface area contributed by atoms with Crippen LogP contribution in [-0.4, -0.2) is 12.5 Å². The average molecular weight is 243 g/mol. The molecule has 3 rings (SSSR count). The summed E-state index contributed by atoms with van der Waals surface area (Å²) in [7, 11) is 0. The standard InChI is InChI=1S/C11H9Cl2NO/c12-8-2-1-6(3-9(8)13)11-4-7(11)10(15)14-5-11/h1-3,7,13H,4-5H2/p+1/t7?,11-/m1/s1. The first kappa shape index (κ1) is 9.49. The Morgan fingerprint density at radius 2 is 2.33 bits per heavy atom. The highest BCUT2D eigenvalue weighted by molar-refractivity contribution is 6.31. The van der Waals surface area contributed by atoms with Gasteiger partial charge in [-0.2, -0.15) is 0 Å². The second kappa shape index (κ2) is 2.89. The van der Waals surface area contributed by atoms with Crippen molar-refractivity contribution in [2.75, 3.05) is 6.54 Å². The van der Waals surface area contributed by atoms with Crippen LogP contribution in [0, 0.1) is 17.5 Å². The quantitative estimate of drug-likeness (QED) is 0.794. The molecular weight excluding hydrogens is 233 g/mol. The Hall–Kier alpha value is -0.730. The largest absolute Gasteiger partial charge is 0.355 e. The van der Waals surface area contributed by atoms with Gasteiger partial charge in [-0.25, -0.2) is 0 Å². The first-order chi connectivity index (χ1) is 7.13. The van der Waals surface area contributed by atoms with E-state index in [-0.39, 0.29) is 17.2 Å². The maximum Gasteiger partial charge on any atom is 0.244 e. The van der Waals surface area contributed by atoms with Crippen molar-refractivity contribution in [2.24, 2.45) is 5.92 Å². The van der Waals surface area contributed by atoms with E-state index in [1.54, 1.807) is 0 Å². The molecule has 0 aromatic heterocycles. The minimum Gasteiger partial charge on any atom is -0.355 e. The van der Waals surface area contributed by atoms with Crippen LogP contribution in [0.15, 0.2) is 18.2 Å². The molecule has 0 spiro atoms. The molecule has 2 fully saturated rings. The molecule has 1 aliphatic carbocycles. The Kier molecular flexibility index (Phi) is 1.83. The van der Waals surface area contributed by atoms with Crippen molar-refractivity contribution in [3.63, 3.8) is 0 Å². The van der Waals surface area contributed by atoms with Crippen LogP contribution in [0.4, 0.5) is 0 Å². The number of hydrogen-bond acceptors (Lipinski definition) is 1. The number of fused-ring (bicyclic) bond motifs is 1. The van der Waals surface area contributed by atoms with Crippen LogP contribution in [-0.2, 0) is 10.2 Å². The van der Waals surface area contributed by atoms with Crippen molar-refractivity contribution in [3.05, 3.63) is 33.8 Å². The lowest BCUT2D eigenvalue weighted by Crippen LogP contribution is -2.22.